The van der Waals surface area contributed by atoms with E-state index in [9.17, 15) is 13.2 Å². The molecule has 4 rings (SSSR count). The summed E-state index contributed by atoms with van der Waals surface area (Å²) in [5.41, 5.74) is 0.676. The zero-order valence-corrected chi connectivity index (χ0v) is 14.1. The molecular weight excluding hydrogens is 334 g/mol. The van der Waals surface area contributed by atoms with Crippen LogP contribution in [0, 0.1) is 0 Å². The number of amides is 1. The molecule has 5 nitrogen and oxygen atoms in total. The molecule has 2 aromatic rings. The third kappa shape index (κ3) is 2.47. The predicted octanol–water partition coefficient (Wildman–Crippen LogP) is 1.93. The molecule has 0 bridgehead atoms. The van der Waals surface area contributed by atoms with E-state index in [1.54, 1.807) is 16.2 Å². The second kappa shape index (κ2) is 5.58. The van der Waals surface area contributed by atoms with Crippen LogP contribution in [-0.4, -0.2) is 56.0 Å². The fourth-order valence-electron chi connectivity index (χ4n) is 3.49. The smallest absolute Gasteiger partial charge is 0.255 e. The summed E-state index contributed by atoms with van der Waals surface area (Å²) in [5.74, 6) is -0.0417. The topological polar surface area (TPSA) is 63.7 Å². The van der Waals surface area contributed by atoms with Crippen molar-refractivity contribution in [2.45, 2.75) is 17.7 Å². The number of hydrogen-bond donors (Lipinski definition) is 0. The normalized spacial score (nSPS) is 26.9. The predicted molar refractivity (Wildman–Crippen MR) is 89.7 cm³/mol. The molecular formula is C16H17NO4S2. The van der Waals surface area contributed by atoms with Crippen molar-refractivity contribution in [1.82, 2.24) is 4.90 Å². The van der Waals surface area contributed by atoms with Crippen LogP contribution in [0.2, 0.25) is 0 Å². The Morgan fingerprint density at radius 1 is 1.30 bits per heavy atom. The number of nitrogens with zero attached hydrogens (tertiary/aromatic N) is 1. The first-order chi connectivity index (χ1) is 11.1. The summed E-state index contributed by atoms with van der Waals surface area (Å²) in [6, 6.07) is 7.54. The highest BCUT2D eigenvalue weighted by Crippen LogP contribution is 2.31. The summed E-state index contributed by atoms with van der Waals surface area (Å²) in [4.78, 5) is 14.8. The van der Waals surface area contributed by atoms with Crippen LogP contribution in [0.1, 0.15) is 16.8 Å². The SMILES string of the molecule is O=C(c1csc2ccccc12)N1CCS(=O)(=O)[C@H]2COCC[C@H]21. The van der Waals surface area contributed by atoms with Crippen molar-refractivity contribution >= 4 is 37.2 Å². The summed E-state index contributed by atoms with van der Waals surface area (Å²) >= 11 is 1.54. The van der Waals surface area contributed by atoms with Gasteiger partial charge in [0.15, 0.2) is 9.84 Å². The summed E-state index contributed by atoms with van der Waals surface area (Å²) in [5, 5.41) is 2.24. The fraction of sp³-hybridized carbons (Fsp3) is 0.438. The van der Waals surface area contributed by atoms with Gasteiger partial charge in [-0.1, -0.05) is 18.2 Å². The van der Waals surface area contributed by atoms with Gasteiger partial charge in [-0.05, 0) is 12.5 Å². The number of fused-ring (bicyclic) bond motifs is 2. The summed E-state index contributed by atoms with van der Waals surface area (Å²) in [6.45, 7) is 0.971. The van der Waals surface area contributed by atoms with Crippen molar-refractivity contribution < 1.29 is 17.9 Å². The Bertz CT molecular complexity index is 858. The molecule has 2 aliphatic heterocycles. The van der Waals surface area contributed by atoms with Gasteiger partial charge in [0, 0.05) is 28.6 Å². The molecule has 2 aliphatic rings. The van der Waals surface area contributed by atoms with Crippen molar-refractivity contribution in [2.75, 3.05) is 25.5 Å². The molecule has 1 aromatic carbocycles. The molecule has 23 heavy (non-hydrogen) atoms. The molecule has 0 N–H and O–H groups in total. The lowest BCUT2D eigenvalue weighted by Gasteiger charge is -2.43. The number of benzene rings is 1. The van der Waals surface area contributed by atoms with Gasteiger partial charge in [-0.25, -0.2) is 8.42 Å². The zero-order valence-electron chi connectivity index (χ0n) is 12.5. The third-order valence-corrected chi connectivity index (χ3v) is 7.81. The summed E-state index contributed by atoms with van der Waals surface area (Å²) in [6.07, 6.45) is 0.581. The molecule has 7 heteroatoms. The van der Waals surface area contributed by atoms with E-state index >= 15 is 0 Å². The van der Waals surface area contributed by atoms with E-state index in [4.69, 9.17) is 4.74 Å². The minimum atomic E-state index is -3.18. The largest absolute Gasteiger partial charge is 0.380 e. The maximum Gasteiger partial charge on any atom is 0.255 e. The molecule has 1 aromatic heterocycles. The number of carbonyl (C=O) groups excluding carboxylic acids is 1. The Morgan fingerprint density at radius 3 is 3.00 bits per heavy atom. The van der Waals surface area contributed by atoms with E-state index in [1.165, 1.54) is 0 Å². The Balaban J connectivity index is 1.71. The lowest BCUT2D eigenvalue weighted by molar-refractivity contribution is 0.0295. The number of rotatable bonds is 1. The highest BCUT2D eigenvalue weighted by atomic mass is 32.2. The highest BCUT2D eigenvalue weighted by molar-refractivity contribution is 7.92. The summed E-state index contributed by atoms with van der Waals surface area (Å²) in [7, 11) is -3.18. The average molecular weight is 351 g/mol. The third-order valence-electron chi connectivity index (χ3n) is 4.72. The van der Waals surface area contributed by atoms with Crippen molar-refractivity contribution in [3.63, 3.8) is 0 Å². The molecule has 0 unspecified atom stereocenters. The van der Waals surface area contributed by atoms with E-state index < -0.39 is 15.1 Å². The quantitative estimate of drug-likeness (QED) is 0.788. The second-order valence-electron chi connectivity index (χ2n) is 5.98. The Kier molecular flexibility index (Phi) is 3.66. The van der Waals surface area contributed by atoms with Crippen LogP contribution >= 0.6 is 11.3 Å². The van der Waals surface area contributed by atoms with Gasteiger partial charge in [-0.3, -0.25) is 4.79 Å². The molecule has 1 amide bonds. The molecule has 122 valence electrons. The Hall–Kier alpha value is -1.44. The zero-order chi connectivity index (χ0) is 16.0. The Labute approximate surface area is 138 Å². The van der Waals surface area contributed by atoms with Gasteiger partial charge < -0.3 is 9.64 Å². The number of sulfone groups is 1. The summed E-state index contributed by atoms with van der Waals surface area (Å²) < 4.78 is 31.0. The number of ether oxygens (including phenoxy) is 1. The monoisotopic (exact) mass is 351 g/mol. The molecule has 3 heterocycles. The first-order valence-corrected chi connectivity index (χ1v) is 10.2. The molecule has 0 spiro atoms. The minimum absolute atomic E-state index is 0.0192. The standard InChI is InChI=1S/C16H17NO4S2/c18-16(12-10-22-14-4-2-1-3-11(12)14)17-6-8-23(19,20)15-9-21-7-5-13(15)17/h1-4,10,13,15H,5-9H2/t13-,15+/m1/s1. The van der Waals surface area contributed by atoms with Crippen LogP contribution in [0.15, 0.2) is 29.6 Å². The van der Waals surface area contributed by atoms with Gasteiger partial charge in [-0.15, -0.1) is 11.3 Å². The van der Waals surface area contributed by atoms with Crippen LogP contribution in [0.3, 0.4) is 0 Å². The van der Waals surface area contributed by atoms with Crippen LogP contribution in [-0.2, 0) is 14.6 Å². The fourth-order valence-corrected chi connectivity index (χ4v) is 6.25. The van der Waals surface area contributed by atoms with Crippen molar-refractivity contribution in [3.05, 3.63) is 35.2 Å². The van der Waals surface area contributed by atoms with Gasteiger partial charge in [0.25, 0.3) is 5.91 Å². The van der Waals surface area contributed by atoms with Crippen LogP contribution < -0.4 is 0 Å². The van der Waals surface area contributed by atoms with E-state index in [1.807, 2.05) is 29.6 Å². The van der Waals surface area contributed by atoms with Gasteiger partial charge in [0.1, 0.15) is 5.25 Å². The maximum atomic E-state index is 13.0. The van der Waals surface area contributed by atoms with E-state index in [2.05, 4.69) is 0 Å². The van der Waals surface area contributed by atoms with Crippen molar-refractivity contribution in [3.8, 4) is 0 Å². The lowest BCUT2D eigenvalue weighted by Crippen LogP contribution is -2.60. The van der Waals surface area contributed by atoms with E-state index in [0.717, 1.165) is 10.1 Å². The van der Waals surface area contributed by atoms with Crippen molar-refractivity contribution in [1.29, 1.82) is 0 Å². The highest BCUT2D eigenvalue weighted by Gasteiger charge is 2.45. The molecule has 2 saturated heterocycles. The van der Waals surface area contributed by atoms with Gasteiger partial charge in [0.05, 0.1) is 24.0 Å². The minimum Gasteiger partial charge on any atom is -0.380 e. The van der Waals surface area contributed by atoms with Gasteiger partial charge in [-0.2, -0.15) is 0 Å². The number of carbonyl (C=O) groups is 1. The van der Waals surface area contributed by atoms with Crippen LogP contribution in [0.25, 0.3) is 10.1 Å². The van der Waals surface area contributed by atoms with E-state index in [-0.39, 0.29) is 30.9 Å². The van der Waals surface area contributed by atoms with Crippen LogP contribution in [0.4, 0.5) is 0 Å². The molecule has 2 atom stereocenters. The molecule has 0 saturated carbocycles. The van der Waals surface area contributed by atoms with Crippen molar-refractivity contribution in [2.24, 2.45) is 0 Å². The number of thiophene rings is 1. The average Bonchev–Trinajstić information content (AvgIpc) is 2.99. The lowest BCUT2D eigenvalue weighted by atomic mass is 10.0. The first-order valence-electron chi connectivity index (χ1n) is 7.64. The first kappa shape index (κ1) is 15.1. The van der Waals surface area contributed by atoms with Crippen LogP contribution in [0.5, 0.6) is 0 Å². The van der Waals surface area contributed by atoms with E-state index in [0.29, 0.717) is 18.6 Å². The number of hydrogen-bond acceptors (Lipinski definition) is 5. The van der Waals surface area contributed by atoms with Gasteiger partial charge >= 0.3 is 0 Å². The maximum absolute atomic E-state index is 13.0. The molecule has 0 radical (unpaired) electrons. The Morgan fingerprint density at radius 2 is 2.13 bits per heavy atom. The molecule has 2 fully saturated rings. The molecule has 0 aliphatic carbocycles. The van der Waals surface area contributed by atoms with Gasteiger partial charge in [0.2, 0.25) is 0 Å². The second-order valence-corrected chi connectivity index (χ2v) is 9.23.